The molecule has 5 unspecified atom stereocenters. The van der Waals surface area contributed by atoms with Gasteiger partial charge < -0.3 is 4.90 Å². The van der Waals surface area contributed by atoms with Gasteiger partial charge in [-0.05, 0) is 24.6 Å². The Balaban J connectivity index is 1.76. The van der Waals surface area contributed by atoms with Gasteiger partial charge in [0.15, 0.2) is 0 Å². The van der Waals surface area contributed by atoms with Crippen molar-refractivity contribution in [2.45, 2.75) is 35.4 Å². The molecule has 3 fully saturated rings. The van der Waals surface area contributed by atoms with Crippen LogP contribution in [0.25, 0.3) is 0 Å². The number of nitriles is 1. The summed E-state index contributed by atoms with van der Waals surface area (Å²) in [6.45, 7) is 0. The molecule has 1 saturated carbocycles. The number of urea groups is 1. The molecule has 1 aliphatic carbocycles. The highest BCUT2D eigenvalue weighted by Crippen LogP contribution is 2.51. The average molecular weight is 404 g/mol. The number of nitrogens with zero attached hydrogens (tertiary/aromatic N) is 3. The molecule has 3 amide bonds. The van der Waals surface area contributed by atoms with E-state index in [0.717, 1.165) is 17.0 Å². The number of halogens is 5. The van der Waals surface area contributed by atoms with Gasteiger partial charge in [-0.15, -0.1) is 23.2 Å². The van der Waals surface area contributed by atoms with Gasteiger partial charge in [0.25, 0.3) is 5.91 Å². The topological polar surface area (TPSA) is 64.4 Å². The SMILES string of the molecule is N#Cc1ccc(N2C(=O)C3C4CC(C(Cl)C4Cl)N3C2=O)cc1C(F)(F)F. The number of hydrogen-bond donors (Lipinski definition) is 0. The zero-order valence-corrected chi connectivity index (χ0v) is 14.4. The molecule has 0 spiro atoms. The smallest absolute Gasteiger partial charge is 0.307 e. The van der Waals surface area contributed by atoms with E-state index in [1.165, 1.54) is 11.0 Å². The molecule has 2 heterocycles. The largest absolute Gasteiger partial charge is 0.417 e. The maximum absolute atomic E-state index is 13.2. The quantitative estimate of drug-likeness (QED) is 0.533. The van der Waals surface area contributed by atoms with Crippen molar-refractivity contribution in [2.75, 3.05) is 4.90 Å². The molecule has 26 heavy (non-hydrogen) atoms. The average Bonchev–Trinajstić information content (AvgIpc) is 3.18. The Kier molecular flexibility index (Phi) is 3.69. The van der Waals surface area contributed by atoms with Gasteiger partial charge in [0, 0.05) is 5.92 Å². The van der Waals surface area contributed by atoms with Crippen LogP contribution in [0.15, 0.2) is 18.2 Å². The van der Waals surface area contributed by atoms with Gasteiger partial charge in [-0.3, -0.25) is 4.79 Å². The van der Waals surface area contributed by atoms with E-state index >= 15 is 0 Å². The lowest BCUT2D eigenvalue weighted by molar-refractivity contribution is -0.137. The van der Waals surface area contributed by atoms with E-state index in [0.29, 0.717) is 12.5 Å². The Labute approximate surface area is 155 Å². The van der Waals surface area contributed by atoms with Gasteiger partial charge >= 0.3 is 12.2 Å². The van der Waals surface area contributed by atoms with Crippen molar-refractivity contribution >= 4 is 40.8 Å². The Bertz CT molecular complexity index is 837. The van der Waals surface area contributed by atoms with Gasteiger partial charge in [0.1, 0.15) is 6.04 Å². The summed E-state index contributed by atoms with van der Waals surface area (Å²) in [6.07, 6.45) is -4.29. The Morgan fingerprint density at radius 3 is 2.50 bits per heavy atom. The van der Waals surface area contributed by atoms with Crippen LogP contribution in [-0.4, -0.2) is 39.7 Å². The van der Waals surface area contributed by atoms with E-state index in [1.54, 1.807) is 0 Å². The first-order valence-electron chi connectivity index (χ1n) is 7.72. The van der Waals surface area contributed by atoms with Crippen molar-refractivity contribution in [1.29, 1.82) is 5.26 Å². The van der Waals surface area contributed by atoms with E-state index in [4.69, 9.17) is 28.5 Å². The van der Waals surface area contributed by atoms with E-state index in [1.807, 2.05) is 0 Å². The predicted octanol–water partition coefficient (Wildman–Crippen LogP) is 3.33. The third kappa shape index (κ3) is 2.17. The van der Waals surface area contributed by atoms with Crippen LogP contribution in [-0.2, 0) is 11.0 Å². The summed E-state index contributed by atoms with van der Waals surface area (Å²) in [7, 11) is 0. The Morgan fingerprint density at radius 2 is 1.88 bits per heavy atom. The summed E-state index contributed by atoms with van der Waals surface area (Å²) in [5, 5.41) is 7.88. The Hall–Kier alpha value is -1.98. The maximum Gasteiger partial charge on any atom is 0.417 e. The lowest BCUT2D eigenvalue weighted by atomic mass is 9.98. The van der Waals surface area contributed by atoms with Gasteiger partial charge in [-0.2, -0.15) is 18.4 Å². The molecule has 136 valence electrons. The molecule has 2 saturated heterocycles. The molecule has 0 N–H and O–H groups in total. The van der Waals surface area contributed by atoms with Crippen LogP contribution < -0.4 is 4.90 Å². The molecule has 0 radical (unpaired) electrons. The second-order valence-corrected chi connectivity index (χ2v) is 7.51. The molecule has 5 nitrogen and oxygen atoms in total. The van der Waals surface area contributed by atoms with Gasteiger partial charge in [-0.25, -0.2) is 9.69 Å². The summed E-state index contributed by atoms with van der Waals surface area (Å²) in [6, 6.07) is 2.28. The third-order valence-corrected chi connectivity index (χ3v) is 6.52. The van der Waals surface area contributed by atoms with E-state index < -0.39 is 52.1 Å². The third-order valence-electron chi connectivity index (χ3n) is 5.23. The summed E-state index contributed by atoms with van der Waals surface area (Å²) in [4.78, 5) is 27.6. The number of piperidine rings is 1. The first-order chi connectivity index (χ1) is 12.2. The predicted molar refractivity (Wildman–Crippen MR) is 85.8 cm³/mol. The van der Waals surface area contributed by atoms with Crippen LogP contribution in [0.4, 0.5) is 23.7 Å². The molecule has 1 aromatic rings. The van der Waals surface area contributed by atoms with Crippen LogP contribution in [0.3, 0.4) is 0 Å². The zero-order chi connectivity index (χ0) is 19.0. The first-order valence-corrected chi connectivity index (χ1v) is 8.60. The molecule has 2 aliphatic heterocycles. The van der Waals surface area contributed by atoms with Gasteiger partial charge in [-0.1, -0.05) is 0 Å². The molecule has 2 bridgehead atoms. The standard InChI is InChI=1S/C16H10Cl2F3N3O2/c17-11-8-4-10(12(11)18)24-13(8)14(25)23(15(24)26)7-2-1-6(5-22)9(3-7)16(19,20)21/h1-3,8,10-13H,4H2. The monoisotopic (exact) mass is 403 g/mol. The minimum absolute atomic E-state index is 0.225. The van der Waals surface area contributed by atoms with Crippen molar-refractivity contribution in [1.82, 2.24) is 4.90 Å². The summed E-state index contributed by atoms with van der Waals surface area (Å²) in [5.41, 5.74) is -2.00. The maximum atomic E-state index is 13.2. The van der Waals surface area contributed by atoms with E-state index in [9.17, 15) is 22.8 Å². The minimum atomic E-state index is -4.79. The van der Waals surface area contributed by atoms with Crippen molar-refractivity contribution in [3.8, 4) is 6.07 Å². The first kappa shape index (κ1) is 17.4. The molecule has 4 rings (SSSR count). The molecule has 5 atom stereocenters. The number of fused-ring (bicyclic) bond motifs is 5. The number of carbonyl (C=O) groups is 2. The fourth-order valence-corrected chi connectivity index (χ4v) is 4.94. The van der Waals surface area contributed by atoms with Crippen LogP contribution >= 0.6 is 23.2 Å². The van der Waals surface area contributed by atoms with Crippen LogP contribution in [0, 0.1) is 17.2 Å². The summed E-state index contributed by atoms with van der Waals surface area (Å²) < 4.78 is 39.5. The number of hydrogen-bond acceptors (Lipinski definition) is 3. The second-order valence-electron chi connectivity index (χ2n) is 6.50. The number of carbonyl (C=O) groups excluding carboxylic acids is 2. The Morgan fingerprint density at radius 1 is 1.19 bits per heavy atom. The number of alkyl halides is 5. The zero-order valence-electron chi connectivity index (χ0n) is 12.9. The summed E-state index contributed by atoms with van der Waals surface area (Å²) in [5.74, 6) is -0.944. The lowest BCUT2D eigenvalue weighted by Gasteiger charge is -2.32. The number of anilines is 1. The molecule has 1 aromatic carbocycles. The highest BCUT2D eigenvalue weighted by Gasteiger charge is 2.65. The second kappa shape index (κ2) is 5.51. The van der Waals surface area contributed by atoms with Crippen LogP contribution in [0.1, 0.15) is 17.5 Å². The fraction of sp³-hybridized carbons (Fsp3) is 0.438. The lowest BCUT2D eigenvalue weighted by Crippen LogP contribution is -2.50. The van der Waals surface area contributed by atoms with Crippen LogP contribution in [0.5, 0.6) is 0 Å². The number of imide groups is 1. The molecular formula is C16H10Cl2F3N3O2. The number of rotatable bonds is 1. The minimum Gasteiger partial charge on any atom is -0.307 e. The van der Waals surface area contributed by atoms with Crippen molar-refractivity contribution in [3.63, 3.8) is 0 Å². The van der Waals surface area contributed by atoms with Crippen LogP contribution in [0.2, 0.25) is 0 Å². The molecule has 0 aromatic heterocycles. The number of benzene rings is 1. The summed E-state index contributed by atoms with van der Waals surface area (Å²) >= 11 is 12.4. The van der Waals surface area contributed by atoms with E-state index in [2.05, 4.69) is 0 Å². The highest BCUT2D eigenvalue weighted by atomic mass is 35.5. The van der Waals surface area contributed by atoms with Gasteiger partial charge in [0.05, 0.1) is 39.7 Å². The molecule has 3 aliphatic rings. The normalized spacial score (nSPS) is 33.0. The molecule has 10 heteroatoms. The number of amides is 3. The van der Waals surface area contributed by atoms with Crippen molar-refractivity contribution in [2.24, 2.45) is 5.92 Å². The van der Waals surface area contributed by atoms with Gasteiger partial charge in [0.2, 0.25) is 0 Å². The van der Waals surface area contributed by atoms with Crippen molar-refractivity contribution < 1.29 is 22.8 Å². The highest BCUT2D eigenvalue weighted by molar-refractivity contribution is 6.32. The van der Waals surface area contributed by atoms with E-state index in [-0.39, 0.29) is 11.6 Å². The molecular weight excluding hydrogens is 394 g/mol. The van der Waals surface area contributed by atoms with Crippen molar-refractivity contribution in [3.05, 3.63) is 29.3 Å². The fourth-order valence-electron chi connectivity index (χ4n) is 4.12.